The van der Waals surface area contributed by atoms with Gasteiger partial charge < -0.3 is 4.74 Å². The number of hydrogen-bond acceptors (Lipinski definition) is 5. The van der Waals surface area contributed by atoms with Crippen LogP contribution in [-0.4, -0.2) is 32.3 Å². The van der Waals surface area contributed by atoms with Crippen LogP contribution in [0, 0.1) is 6.92 Å². The molecule has 4 rings (SSSR count). The van der Waals surface area contributed by atoms with E-state index in [1.165, 1.54) is 11.8 Å². The summed E-state index contributed by atoms with van der Waals surface area (Å²) in [5, 5.41) is 6.83. The second-order valence-corrected chi connectivity index (χ2v) is 5.94. The highest BCUT2D eigenvalue weighted by Crippen LogP contribution is 2.30. The maximum Gasteiger partial charge on any atom is 0.259 e. The van der Waals surface area contributed by atoms with Gasteiger partial charge in [-0.15, -0.1) is 5.10 Å². The van der Waals surface area contributed by atoms with E-state index in [4.69, 9.17) is 4.74 Å². The largest absolute Gasteiger partial charge is 0.493 e. The molecule has 0 saturated carbocycles. The lowest BCUT2D eigenvalue weighted by atomic mass is 10.0. The Kier molecular flexibility index (Phi) is 3.68. The van der Waals surface area contributed by atoms with Crippen molar-refractivity contribution in [3.8, 4) is 16.9 Å². The summed E-state index contributed by atoms with van der Waals surface area (Å²) in [4.78, 5) is 20.8. The molecule has 0 atom stereocenters. The van der Waals surface area contributed by atoms with Crippen LogP contribution in [0.1, 0.15) is 21.7 Å². The van der Waals surface area contributed by atoms with E-state index in [9.17, 15) is 4.79 Å². The molecule has 7 nitrogen and oxygen atoms in total. The Morgan fingerprint density at radius 3 is 2.92 bits per heavy atom. The minimum Gasteiger partial charge on any atom is -0.493 e. The van der Waals surface area contributed by atoms with Crippen LogP contribution in [-0.2, 0) is 13.5 Å². The number of aromatic nitrogens is 4. The third-order valence-electron chi connectivity index (χ3n) is 4.23. The van der Waals surface area contributed by atoms with Crippen molar-refractivity contribution in [3.05, 3.63) is 53.6 Å². The third-order valence-corrected chi connectivity index (χ3v) is 4.23. The van der Waals surface area contributed by atoms with E-state index >= 15 is 0 Å². The Balaban J connectivity index is 1.59. The lowest BCUT2D eigenvalue weighted by Crippen LogP contribution is -2.13. The number of carbonyl (C=O) groups excluding carboxylic acids is 1. The molecule has 126 valence electrons. The maximum atomic E-state index is 12.4. The van der Waals surface area contributed by atoms with Gasteiger partial charge in [0.25, 0.3) is 5.91 Å². The van der Waals surface area contributed by atoms with Crippen LogP contribution in [0.2, 0.25) is 0 Å². The summed E-state index contributed by atoms with van der Waals surface area (Å²) in [7, 11) is 1.78. The van der Waals surface area contributed by atoms with Gasteiger partial charge in [-0.3, -0.25) is 19.8 Å². The predicted octanol–water partition coefficient (Wildman–Crippen LogP) is 2.37. The first-order valence-electron chi connectivity index (χ1n) is 8.00. The second-order valence-electron chi connectivity index (χ2n) is 5.94. The summed E-state index contributed by atoms with van der Waals surface area (Å²) in [5.41, 5.74) is 3.53. The molecule has 1 aliphatic heterocycles. The highest BCUT2D eigenvalue weighted by molar-refractivity contribution is 6.03. The van der Waals surface area contributed by atoms with Gasteiger partial charge in [-0.2, -0.15) is 4.98 Å². The summed E-state index contributed by atoms with van der Waals surface area (Å²) in [5.74, 6) is 1.65. The quantitative estimate of drug-likeness (QED) is 0.795. The van der Waals surface area contributed by atoms with E-state index in [0.717, 1.165) is 35.7 Å². The molecule has 1 aromatic carbocycles. The van der Waals surface area contributed by atoms with Crippen molar-refractivity contribution in [2.24, 2.45) is 7.05 Å². The van der Waals surface area contributed by atoms with Crippen LogP contribution in [0.4, 0.5) is 5.95 Å². The van der Waals surface area contributed by atoms with Crippen molar-refractivity contribution in [3.63, 3.8) is 0 Å². The number of nitrogens with zero attached hydrogens (tertiary/aromatic N) is 4. The molecule has 0 aliphatic carbocycles. The molecule has 7 heteroatoms. The predicted molar refractivity (Wildman–Crippen MR) is 92.6 cm³/mol. The molecule has 0 bridgehead atoms. The number of aryl methyl sites for hydroxylation is 2. The molecule has 0 radical (unpaired) electrons. The van der Waals surface area contributed by atoms with E-state index in [1.807, 2.05) is 25.1 Å². The van der Waals surface area contributed by atoms with Gasteiger partial charge in [0.1, 0.15) is 11.6 Å². The first-order valence-corrected chi connectivity index (χ1v) is 8.00. The topological polar surface area (TPSA) is 81.9 Å². The van der Waals surface area contributed by atoms with Gasteiger partial charge in [0.15, 0.2) is 0 Å². The SMILES string of the molecule is Cc1nc(NC(=O)c2cncc(-c3ccc4c(c3)CCO4)c2)nn1C. The highest BCUT2D eigenvalue weighted by Gasteiger charge is 2.15. The average molecular weight is 335 g/mol. The molecular formula is C18H17N5O2. The number of anilines is 1. The second kappa shape index (κ2) is 6.01. The van der Waals surface area contributed by atoms with Crippen molar-refractivity contribution >= 4 is 11.9 Å². The minimum atomic E-state index is -0.288. The first-order chi connectivity index (χ1) is 12.1. The summed E-state index contributed by atoms with van der Waals surface area (Å²) >= 11 is 0. The Morgan fingerprint density at radius 1 is 1.24 bits per heavy atom. The van der Waals surface area contributed by atoms with E-state index < -0.39 is 0 Å². The van der Waals surface area contributed by atoms with E-state index in [2.05, 4.69) is 26.4 Å². The first kappa shape index (κ1) is 15.3. The zero-order valence-corrected chi connectivity index (χ0v) is 14.0. The number of hydrogen-bond donors (Lipinski definition) is 1. The Bertz CT molecular complexity index is 944. The summed E-state index contributed by atoms with van der Waals surface area (Å²) in [6.45, 7) is 2.54. The van der Waals surface area contributed by atoms with Crippen molar-refractivity contribution in [1.82, 2.24) is 19.7 Å². The molecule has 1 amide bonds. The standard InChI is InChI=1S/C18H17N5O2/c1-11-20-18(22-23(11)2)21-17(24)15-8-14(9-19-10-15)12-3-4-16-13(7-12)5-6-25-16/h3-4,7-10H,5-6H2,1-2H3,(H,21,22,24). The number of nitrogens with one attached hydrogen (secondary N) is 1. The number of pyridine rings is 1. The van der Waals surface area contributed by atoms with Gasteiger partial charge in [0, 0.05) is 31.4 Å². The maximum absolute atomic E-state index is 12.4. The zero-order valence-electron chi connectivity index (χ0n) is 14.0. The van der Waals surface area contributed by atoms with Gasteiger partial charge in [0.2, 0.25) is 5.95 Å². The molecular weight excluding hydrogens is 318 g/mol. The van der Waals surface area contributed by atoms with Crippen LogP contribution in [0.5, 0.6) is 5.75 Å². The third kappa shape index (κ3) is 2.96. The molecule has 1 aliphatic rings. The van der Waals surface area contributed by atoms with Crippen molar-refractivity contribution in [1.29, 1.82) is 0 Å². The number of rotatable bonds is 3. The molecule has 25 heavy (non-hydrogen) atoms. The van der Waals surface area contributed by atoms with Crippen molar-refractivity contribution < 1.29 is 9.53 Å². The number of benzene rings is 1. The molecule has 0 unspecified atom stereocenters. The fourth-order valence-electron chi connectivity index (χ4n) is 2.78. The lowest BCUT2D eigenvalue weighted by molar-refractivity contribution is 0.102. The van der Waals surface area contributed by atoms with Gasteiger partial charge in [-0.05, 0) is 36.2 Å². The fraction of sp³-hybridized carbons (Fsp3) is 0.222. The van der Waals surface area contributed by atoms with Crippen molar-refractivity contribution in [2.45, 2.75) is 13.3 Å². The molecule has 1 N–H and O–H groups in total. The van der Waals surface area contributed by atoms with Gasteiger partial charge in [0.05, 0.1) is 12.2 Å². The molecule has 3 aromatic rings. The van der Waals surface area contributed by atoms with Crippen LogP contribution in [0.3, 0.4) is 0 Å². The van der Waals surface area contributed by atoms with E-state index in [0.29, 0.717) is 5.56 Å². The minimum absolute atomic E-state index is 0.282. The molecule has 2 aromatic heterocycles. The molecule has 0 saturated heterocycles. The average Bonchev–Trinajstić information content (AvgIpc) is 3.20. The van der Waals surface area contributed by atoms with Crippen molar-refractivity contribution in [2.75, 3.05) is 11.9 Å². The fourth-order valence-corrected chi connectivity index (χ4v) is 2.78. The molecule has 0 fully saturated rings. The molecule has 3 heterocycles. The smallest absolute Gasteiger partial charge is 0.259 e. The van der Waals surface area contributed by atoms with E-state index in [1.54, 1.807) is 17.9 Å². The van der Waals surface area contributed by atoms with Gasteiger partial charge in [-0.25, -0.2) is 0 Å². The number of amides is 1. The van der Waals surface area contributed by atoms with Crippen LogP contribution < -0.4 is 10.1 Å². The summed E-state index contributed by atoms with van der Waals surface area (Å²) in [6, 6.07) is 7.85. The van der Waals surface area contributed by atoms with Crippen LogP contribution in [0.15, 0.2) is 36.7 Å². The Labute approximate surface area is 144 Å². The van der Waals surface area contributed by atoms with Gasteiger partial charge >= 0.3 is 0 Å². The number of carbonyl (C=O) groups is 1. The normalized spacial score (nSPS) is 12.6. The summed E-state index contributed by atoms with van der Waals surface area (Å²) in [6.07, 6.45) is 4.18. The highest BCUT2D eigenvalue weighted by atomic mass is 16.5. The molecule has 0 spiro atoms. The van der Waals surface area contributed by atoms with E-state index in [-0.39, 0.29) is 11.9 Å². The number of ether oxygens (including phenoxy) is 1. The zero-order chi connectivity index (χ0) is 17.4. The number of fused-ring (bicyclic) bond motifs is 1. The summed E-state index contributed by atoms with van der Waals surface area (Å²) < 4.78 is 7.14. The van der Waals surface area contributed by atoms with Gasteiger partial charge in [-0.1, -0.05) is 6.07 Å². The monoisotopic (exact) mass is 335 g/mol. The Hall–Kier alpha value is -3.22. The lowest BCUT2D eigenvalue weighted by Gasteiger charge is -2.06. The van der Waals surface area contributed by atoms with Crippen LogP contribution >= 0.6 is 0 Å². The Morgan fingerprint density at radius 2 is 2.12 bits per heavy atom. The van der Waals surface area contributed by atoms with Crippen LogP contribution in [0.25, 0.3) is 11.1 Å².